The number of likely N-dealkylation sites (N-methyl/N-ethyl adjacent to an activating group) is 2. The highest BCUT2D eigenvalue weighted by atomic mass is 19.1. The Morgan fingerprint density at radius 1 is 1.17 bits per heavy atom. The van der Waals surface area contributed by atoms with Gasteiger partial charge in [-0.3, -0.25) is 4.79 Å². The van der Waals surface area contributed by atoms with Gasteiger partial charge >= 0.3 is 0 Å². The number of fused-ring (bicyclic) bond motifs is 4. The molecule has 5 heteroatoms. The van der Waals surface area contributed by atoms with Crippen molar-refractivity contribution in [2.45, 2.75) is 18.6 Å². The van der Waals surface area contributed by atoms with E-state index in [9.17, 15) is 9.18 Å². The number of methoxy groups -OCH3 is 1. The summed E-state index contributed by atoms with van der Waals surface area (Å²) >= 11 is 0. The zero-order valence-electron chi connectivity index (χ0n) is 13.9. The molecule has 2 aliphatic rings. The van der Waals surface area contributed by atoms with Gasteiger partial charge in [-0.05, 0) is 25.1 Å². The molecule has 24 heavy (non-hydrogen) atoms. The van der Waals surface area contributed by atoms with Gasteiger partial charge in [-0.15, -0.1) is 0 Å². The van der Waals surface area contributed by atoms with Gasteiger partial charge in [-0.1, -0.05) is 24.3 Å². The van der Waals surface area contributed by atoms with Crippen molar-refractivity contribution < 1.29 is 13.9 Å². The summed E-state index contributed by atoms with van der Waals surface area (Å²) in [4.78, 5) is 17.1. The van der Waals surface area contributed by atoms with Crippen LogP contribution in [0.2, 0.25) is 0 Å². The van der Waals surface area contributed by atoms with Crippen LogP contribution in [0, 0.1) is 5.82 Å². The maximum absolute atomic E-state index is 13.8. The van der Waals surface area contributed by atoms with Gasteiger partial charge in [0.1, 0.15) is 11.2 Å². The van der Waals surface area contributed by atoms with Crippen molar-refractivity contribution in [2.24, 2.45) is 0 Å². The normalized spacial score (nSPS) is 24.7. The standard InChI is InChI=1S/C19H19FN2O2/c1-4-22-16-11-12(20)9-10-14(16)19(17(22)23)13-7-5-6-8-15(13)21(2)18(19)24-3/h5-11,18H,4H2,1-3H3/t18-,19?/m1/s1. The third kappa shape index (κ3) is 1.58. The fraction of sp³-hybridized carbons (Fsp3) is 0.316. The van der Waals surface area contributed by atoms with Gasteiger partial charge in [0.2, 0.25) is 5.91 Å². The predicted octanol–water partition coefficient (Wildman–Crippen LogP) is 2.90. The number of hydrogen-bond donors (Lipinski definition) is 0. The summed E-state index contributed by atoms with van der Waals surface area (Å²) in [7, 11) is 3.53. The van der Waals surface area contributed by atoms with Crippen molar-refractivity contribution in [3.8, 4) is 0 Å². The van der Waals surface area contributed by atoms with Crippen LogP contribution in [-0.4, -0.2) is 32.8 Å². The van der Waals surface area contributed by atoms with Gasteiger partial charge in [0, 0.05) is 37.5 Å². The molecule has 0 aromatic heterocycles. The number of anilines is 2. The zero-order chi connectivity index (χ0) is 17.1. The molecule has 2 aliphatic heterocycles. The van der Waals surface area contributed by atoms with Gasteiger partial charge in [0.15, 0.2) is 6.23 Å². The first-order valence-corrected chi connectivity index (χ1v) is 8.04. The summed E-state index contributed by atoms with van der Waals surface area (Å²) in [5.41, 5.74) is 2.35. The Balaban J connectivity index is 2.09. The summed E-state index contributed by atoms with van der Waals surface area (Å²) < 4.78 is 19.6. The van der Waals surface area contributed by atoms with Crippen molar-refractivity contribution in [2.75, 3.05) is 30.5 Å². The fourth-order valence-corrected chi connectivity index (χ4v) is 4.31. The average molecular weight is 326 g/mol. The molecule has 0 fully saturated rings. The number of ether oxygens (including phenoxy) is 1. The fourth-order valence-electron chi connectivity index (χ4n) is 4.31. The Labute approximate surface area is 140 Å². The lowest BCUT2D eigenvalue weighted by Gasteiger charge is -2.33. The van der Waals surface area contributed by atoms with E-state index in [2.05, 4.69) is 0 Å². The average Bonchev–Trinajstić information content (AvgIpc) is 2.98. The molecule has 0 radical (unpaired) electrons. The van der Waals surface area contributed by atoms with Crippen LogP contribution >= 0.6 is 0 Å². The minimum Gasteiger partial charge on any atom is -0.360 e. The van der Waals surface area contributed by atoms with Crippen LogP contribution in [0.1, 0.15) is 18.1 Å². The molecule has 0 bridgehead atoms. The molecule has 0 N–H and O–H groups in total. The quantitative estimate of drug-likeness (QED) is 0.851. The van der Waals surface area contributed by atoms with Gasteiger partial charge in [-0.2, -0.15) is 0 Å². The minimum absolute atomic E-state index is 0.0609. The molecule has 0 saturated carbocycles. The molecule has 4 nitrogen and oxygen atoms in total. The van der Waals surface area contributed by atoms with E-state index in [1.54, 1.807) is 18.1 Å². The zero-order valence-corrected chi connectivity index (χ0v) is 13.9. The molecular formula is C19H19FN2O2. The molecule has 0 aliphatic carbocycles. The third-order valence-electron chi connectivity index (χ3n) is 5.23. The van der Waals surface area contributed by atoms with Crippen molar-refractivity contribution in [1.82, 2.24) is 0 Å². The van der Waals surface area contributed by atoms with Crippen LogP contribution in [0.4, 0.5) is 15.8 Å². The van der Waals surface area contributed by atoms with Crippen LogP contribution in [0.25, 0.3) is 0 Å². The summed E-state index contributed by atoms with van der Waals surface area (Å²) in [5, 5.41) is 0. The van der Waals surface area contributed by atoms with Crippen molar-refractivity contribution >= 4 is 17.3 Å². The molecule has 1 amide bonds. The number of halogens is 1. The lowest BCUT2D eigenvalue weighted by molar-refractivity contribution is -0.125. The summed E-state index contributed by atoms with van der Waals surface area (Å²) in [6, 6.07) is 12.4. The number of nitrogens with zero attached hydrogens (tertiary/aromatic N) is 2. The Morgan fingerprint density at radius 3 is 2.58 bits per heavy atom. The Kier molecular flexibility index (Phi) is 3.18. The third-order valence-corrected chi connectivity index (χ3v) is 5.23. The minimum atomic E-state index is -0.959. The Morgan fingerprint density at radius 2 is 1.88 bits per heavy atom. The molecule has 2 heterocycles. The van der Waals surface area contributed by atoms with E-state index >= 15 is 0 Å². The number of amides is 1. The molecule has 2 aromatic rings. The van der Waals surface area contributed by atoms with E-state index in [0.29, 0.717) is 12.2 Å². The summed E-state index contributed by atoms with van der Waals surface area (Å²) in [6.07, 6.45) is -0.469. The van der Waals surface area contributed by atoms with E-state index in [1.807, 2.05) is 43.1 Å². The van der Waals surface area contributed by atoms with Crippen molar-refractivity contribution in [3.05, 3.63) is 59.4 Å². The van der Waals surface area contributed by atoms with Crippen molar-refractivity contribution in [1.29, 1.82) is 0 Å². The lowest BCUT2D eigenvalue weighted by Crippen LogP contribution is -2.52. The highest BCUT2D eigenvalue weighted by Gasteiger charge is 2.62. The second kappa shape index (κ2) is 5.05. The van der Waals surface area contributed by atoms with Crippen molar-refractivity contribution in [3.63, 3.8) is 0 Å². The van der Waals surface area contributed by atoms with Crippen LogP contribution in [-0.2, 0) is 14.9 Å². The summed E-state index contributed by atoms with van der Waals surface area (Å²) in [6.45, 7) is 2.39. The van der Waals surface area contributed by atoms with Gasteiger partial charge < -0.3 is 14.5 Å². The lowest BCUT2D eigenvalue weighted by atomic mass is 9.75. The Bertz CT molecular complexity index is 838. The van der Waals surface area contributed by atoms with Crippen LogP contribution < -0.4 is 9.80 Å². The molecule has 2 aromatic carbocycles. The molecule has 0 saturated heterocycles. The predicted molar refractivity (Wildman–Crippen MR) is 90.8 cm³/mol. The smallest absolute Gasteiger partial charge is 0.246 e. The first kappa shape index (κ1) is 15.1. The molecular weight excluding hydrogens is 307 g/mol. The molecule has 124 valence electrons. The number of benzene rings is 2. The summed E-state index contributed by atoms with van der Waals surface area (Å²) in [5.74, 6) is -0.403. The highest BCUT2D eigenvalue weighted by molar-refractivity contribution is 6.13. The highest BCUT2D eigenvalue weighted by Crippen LogP contribution is 2.56. The molecule has 1 unspecified atom stereocenters. The van der Waals surface area contributed by atoms with Crippen LogP contribution in [0.15, 0.2) is 42.5 Å². The van der Waals surface area contributed by atoms with Gasteiger partial charge in [-0.25, -0.2) is 4.39 Å². The first-order valence-electron chi connectivity index (χ1n) is 8.04. The molecule has 4 rings (SSSR count). The van der Waals surface area contributed by atoms with E-state index in [0.717, 1.165) is 16.8 Å². The van der Waals surface area contributed by atoms with E-state index in [4.69, 9.17) is 4.74 Å². The molecule has 2 atom stereocenters. The largest absolute Gasteiger partial charge is 0.360 e. The van der Waals surface area contributed by atoms with Crippen LogP contribution in [0.3, 0.4) is 0 Å². The number of carbonyl (C=O) groups excluding carboxylic acids is 1. The maximum atomic E-state index is 13.8. The van der Waals surface area contributed by atoms with E-state index < -0.39 is 11.6 Å². The maximum Gasteiger partial charge on any atom is 0.246 e. The van der Waals surface area contributed by atoms with Gasteiger partial charge in [0.05, 0.1) is 5.69 Å². The number of para-hydroxylation sites is 1. The second-order valence-electron chi connectivity index (χ2n) is 6.24. The first-order chi connectivity index (χ1) is 11.6. The SMILES string of the molecule is CCN1C(=O)C2(c3ccc(F)cc31)c1ccccc1N(C)[C@@H]2OC. The van der Waals surface area contributed by atoms with E-state index in [1.165, 1.54) is 12.1 Å². The number of carbonyl (C=O) groups is 1. The topological polar surface area (TPSA) is 32.8 Å². The molecule has 1 spiro atoms. The monoisotopic (exact) mass is 326 g/mol. The Hall–Kier alpha value is -2.40. The second-order valence-corrected chi connectivity index (χ2v) is 6.24. The van der Waals surface area contributed by atoms with E-state index in [-0.39, 0.29) is 11.7 Å². The van der Waals surface area contributed by atoms with Crippen LogP contribution in [0.5, 0.6) is 0 Å². The number of hydrogen-bond acceptors (Lipinski definition) is 3. The van der Waals surface area contributed by atoms with Gasteiger partial charge in [0.25, 0.3) is 0 Å². The number of rotatable bonds is 2.